The highest BCUT2D eigenvalue weighted by molar-refractivity contribution is 4.85. The first-order valence-electron chi connectivity index (χ1n) is 6.54. The first kappa shape index (κ1) is 12.3. The second kappa shape index (κ2) is 5.96. The van der Waals surface area contributed by atoms with Crippen molar-refractivity contribution in [1.82, 2.24) is 10.2 Å². The summed E-state index contributed by atoms with van der Waals surface area (Å²) in [6.07, 6.45) is 4.12. The number of hydrogen-bond donors (Lipinski definition) is 2. The lowest BCUT2D eigenvalue weighted by atomic mass is 10.2. The molecule has 2 fully saturated rings. The van der Waals surface area contributed by atoms with Crippen LogP contribution < -0.4 is 5.32 Å². The second-order valence-electron chi connectivity index (χ2n) is 5.03. The molecule has 2 saturated heterocycles. The Hall–Kier alpha value is -0.160. The van der Waals surface area contributed by atoms with Gasteiger partial charge in [-0.2, -0.15) is 0 Å². The zero-order chi connectivity index (χ0) is 11.4. The average molecular weight is 228 g/mol. The summed E-state index contributed by atoms with van der Waals surface area (Å²) in [5, 5.41) is 13.1. The van der Waals surface area contributed by atoms with Crippen LogP contribution in [0.25, 0.3) is 0 Å². The van der Waals surface area contributed by atoms with Gasteiger partial charge in [0.15, 0.2) is 0 Å². The molecule has 0 aromatic carbocycles. The highest BCUT2D eigenvalue weighted by atomic mass is 16.5. The fourth-order valence-electron chi connectivity index (χ4n) is 2.66. The van der Waals surface area contributed by atoms with Gasteiger partial charge in [-0.1, -0.05) is 6.92 Å². The maximum absolute atomic E-state index is 9.88. The molecule has 0 radical (unpaired) electrons. The van der Waals surface area contributed by atoms with E-state index in [4.69, 9.17) is 4.74 Å². The van der Waals surface area contributed by atoms with Crippen molar-refractivity contribution < 1.29 is 9.84 Å². The quantitative estimate of drug-likeness (QED) is 0.638. The summed E-state index contributed by atoms with van der Waals surface area (Å²) in [6, 6.07) is 0. The summed E-state index contributed by atoms with van der Waals surface area (Å²) in [4.78, 5) is 2.35. The van der Waals surface area contributed by atoms with Crippen LogP contribution in [0, 0.1) is 0 Å². The van der Waals surface area contributed by atoms with Crippen LogP contribution in [0.15, 0.2) is 0 Å². The number of likely N-dealkylation sites (tertiary alicyclic amines) is 1. The Balaban J connectivity index is 1.65. The Bertz CT molecular complexity index is 201. The van der Waals surface area contributed by atoms with Crippen molar-refractivity contribution in [2.24, 2.45) is 0 Å². The predicted octanol–water partition coefficient (Wildman–Crippen LogP) is 0.210. The van der Waals surface area contributed by atoms with E-state index in [2.05, 4.69) is 17.1 Å². The van der Waals surface area contributed by atoms with Gasteiger partial charge in [-0.25, -0.2) is 0 Å². The summed E-state index contributed by atoms with van der Waals surface area (Å²) in [5.41, 5.74) is 0. The molecular weight excluding hydrogens is 204 g/mol. The van der Waals surface area contributed by atoms with Gasteiger partial charge in [0.25, 0.3) is 0 Å². The van der Waals surface area contributed by atoms with Crippen LogP contribution in [0.4, 0.5) is 0 Å². The van der Waals surface area contributed by atoms with Crippen molar-refractivity contribution in [3.05, 3.63) is 0 Å². The lowest BCUT2D eigenvalue weighted by molar-refractivity contribution is -0.0491. The lowest BCUT2D eigenvalue weighted by Crippen LogP contribution is -2.47. The summed E-state index contributed by atoms with van der Waals surface area (Å²) >= 11 is 0. The third-order valence-electron chi connectivity index (χ3n) is 3.39. The zero-order valence-electron chi connectivity index (χ0n) is 10.2. The normalized spacial score (nSPS) is 31.9. The number of morpholine rings is 1. The van der Waals surface area contributed by atoms with Gasteiger partial charge in [-0.15, -0.1) is 0 Å². The number of nitrogens with one attached hydrogen (secondary N) is 1. The predicted molar refractivity (Wildman–Crippen MR) is 63.5 cm³/mol. The first-order chi connectivity index (χ1) is 7.78. The van der Waals surface area contributed by atoms with Gasteiger partial charge in [0.1, 0.15) is 0 Å². The minimum atomic E-state index is -0.246. The third kappa shape index (κ3) is 3.42. The molecule has 2 N–H and O–H groups in total. The molecule has 94 valence electrons. The minimum Gasteiger partial charge on any atom is -0.390 e. The largest absolute Gasteiger partial charge is 0.390 e. The van der Waals surface area contributed by atoms with E-state index in [9.17, 15) is 5.11 Å². The maximum atomic E-state index is 9.88. The van der Waals surface area contributed by atoms with Crippen LogP contribution in [0.5, 0.6) is 0 Å². The van der Waals surface area contributed by atoms with E-state index in [1.165, 1.54) is 12.8 Å². The van der Waals surface area contributed by atoms with E-state index < -0.39 is 0 Å². The van der Waals surface area contributed by atoms with Gasteiger partial charge in [-0.3, -0.25) is 4.90 Å². The van der Waals surface area contributed by atoms with Gasteiger partial charge in [0, 0.05) is 26.2 Å². The van der Waals surface area contributed by atoms with Crippen molar-refractivity contribution >= 4 is 0 Å². The maximum Gasteiger partial charge on any atom is 0.0791 e. The molecule has 2 heterocycles. The molecule has 2 aliphatic rings. The second-order valence-corrected chi connectivity index (χ2v) is 5.03. The van der Waals surface area contributed by atoms with E-state index >= 15 is 0 Å². The van der Waals surface area contributed by atoms with E-state index in [-0.39, 0.29) is 6.10 Å². The van der Waals surface area contributed by atoms with E-state index in [1.54, 1.807) is 0 Å². The van der Waals surface area contributed by atoms with Crippen molar-refractivity contribution in [2.45, 2.75) is 44.5 Å². The van der Waals surface area contributed by atoms with Crippen LogP contribution in [0.1, 0.15) is 26.2 Å². The Morgan fingerprint density at radius 2 is 2.06 bits per heavy atom. The SMILES string of the molecule is CCCNCC(O)CN1CC2CCC(C1)O2. The molecule has 2 rings (SSSR count). The molecule has 0 aliphatic carbocycles. The molecule has 0 aromatic heterocycles. The van der Waals surface area contributed by atoms with Crippen molar-refractivity contribution in [3.8, 4) is 0 Å². The van der Waals surface area contributed by atoms with E-state index in [0.29, 0.717) is 18.8 Å². The molecule has 0 aromatic rings. The lowest BCUT2D eigenvalue weighted by Gasteiger charge is -2.33. The average Bonchev–Trinajstić information content (AvgIpc) is 2.58. The van der Waals surface area contributed by atoms with Crippen LogP contribution in [0.3, 0.4) is 0 Å². The molecule has 16 heavy (non-hydrogen) atoms. The Morgan fingerprint density at radius 1 is 1.38 bits per heavy atom. The Labute approximate surface area is 98.0 Å². The number of nitrogens with zero attached hydrogens (tertiary/aromatic N) is 1. The number of fused-ring (bicyclic) bond motifs is 2. The van der Waals surface area contributed by atoms with Crippen LogP contribution >= 0.6 is 0 Å². The van der Waals surface area contributed by atoms with Gasteiger partial charge in [-0.05, 0) is 25.8 Å². The topological polar surface area (TPSA) is 44.7 Å². The summed E-state index contributed by atoms with van der Waals surface area (Å²) in [6.45, 7) is 6.63. The van der Waals surface area contributed by atoms with E-state index in [0.717, 1.165) is 32.6 Å². The van der Waals surface area contributed by atoms with Gasteiger partial charge in [0.05, 0.1) is 18.3 Å². The highest BCUT2D eigenvalue weighted by Crippen LogP contribution is 2.26. The Kier molecular flexibility index (Phi) is 4.58. The van der Waals surface area contributed by atoms with E-state index in [1.807, 2.05) is 0 Å². The summed E-state index contributed by atoms with van der Waals surface area (Å²) < 4.78 is 5.77. The number of rotatable bonds is 6. The first-order valence-corrected chi connectivity index (χ1v) is 6.54. The van der Waals surface area contributed by atoms with Crippen molar-refractivity contribution in [2.75, 3.05) is 32.7 Å². The molecule has 3 atom stereocenters. The Morgan fingerprint density at radius 3 is 2.69 bits per heavy atom. The molecular formula is C12H24N2O2. The molecule has 3 unspecified atom stereocenters. The van der Waals surface area contributed by atoms with Gasteiger partial charge in [0.2, 0.25) is 0 Å². The molecule has 4 heteroatoms. The number of β-amino-alcohol motifs (C(OH)–C–C–N with tert-alkyl or cyclic N) is 1. The van der Waals surface area contributed by atoms with Crippen molar-refractivity contribution in [1.29, 1.82) is 0 Å². The molecule has 0 spiro atoms. The molecule has 0 amide bonds. The monoisotopic (exact) mass is 228 g/mol. The molecule has 0 saturated carbocycles. The van der Waals surface area contributed by atoms with Gasteiger partial charge >= 0.3 is 0 Å². The highest BCUT2D eigenvalue weighted by Gasteiger charge is 2.33. The van der Waals surface area contributed by atoms with Crippen LogP contribution in [-0.2, 0) is 4.74 Å². The van der Waals surface area contributed by atoms with Gasteiger partial charge < -0.3 is 15.2 Å². The number of ether oxygens (including phenoxy) is 1. The fraction of sp³-hybridized carbons (Fsp3) is 1.00. The number of aliphatic hydroxyl groups excluding tert-OH is 1. The zero-order valence-corrected chi connectivity index (χ0v) is 10.2. The fourth-order valence-corrected chi connectivity index (χ4v) is 2.66. The number of hydrogen-bond acceptors (Lipinski definition) is 4. The smallest absolute Gasteiger partial charge is 0.0791 e. The molecule has 2 bridgehead atoms. The van der Waals surface area contributed by atoms with Crippen LogP contribution in [0.2, 0.25) is 0 Å². The number of aliphatic hydroxyl groups is 1. The third-order valence-corrected chi connectivity index (χ3v) is 3.39. The minimum absolute atomic E-state index is 0.246. The summed E-state index contributed by atoms with van der Waals surface area (Å²) in [5.74, 6) is 0. The standard InChI is InChI=1S/C12H24N2O2/c1-2-5-13-6-10(15)7-14-8-11-3-4-12(9-14)16-11/h10-13,15H,2-9H2,1H3. The van der Waals surface area contributed by atoms with Crippen molar-refractivity contribution in [3.63, 3.8) is 0 Å². The van der Waals surface area contributed by atoms with Crippen LogP contribution in [-0.4, -0.2) is 61.0 Å². The summed E-state index contributed by atoms with van der Waals surface area (Å²) in [7, 11) is 0. The molecule has 2 aliphatic heterocycles. The molecule has 4 nitrogen and oxygen atoms in total.